The first-order valence-electron chi connectivity index (χ1n) is 6.10. The van der Waals surface area contributed by atoms with Crippen molar-refractivity contribution in [3.8, 4) is 5.75 Å². The van der Waals surface area contributed by atoms with Gasteiger partial charge in [-0.2, -0.15) is 13.2 Å². The van der Waals surface area contributed by atoms with E-state index in [0.717, 1.165) is 18.2 Å². The minimum Gasteiger partial charge on any atom is -0.489 e. The second-order valence-electron chi connectivity index (χ2n) is 3.71. The van der Waals surface area contributed by atoms with Crippen LogP contribution >= 0.6 is 0 Å². The molecule has 0 atom stereocenters. The van der Waals surface area contributed by atoms with Crippen LogP contribution in [-0.2, 0) is 4.79 Å². The van der Waals surface area contributed by atoms with Gasteiger partial charge in [0.1, 0.15) is 12.4 Å². The number of nitro groups is 1. The van der Waals surface area contributed by atoms with Crippen molar-refractivity contribution in [2.24, 2.45) is 0 Å². The molecule has 0 spiro atoms. The van der Waals surface area contributed by atoms with Gasteiger partial charge in [0.2, 0.25) is 0 Å². The summed E-state index contributed by atoms with van der Waals surface area (Å²) in [7, 11) is 0. The standard InChI is InChI=1S/C10H7F3N2O4.C2H6/c11-10(12,13)9(16)14-3-4-19-8-5-6(15(17)18)1-2-7(8)14;1-2/h1-2,5H,3-4H2;1-2H3. The molecule has 1 aromatic carbocycles. The second kappa shape index (κ2) is 6.42. The molecule has 0 radical (unpaired) electrons. The van der Waals surface area contributed by atoms with E-state index in [1.807, 2.05) is 13.8 Å². The van der Waals surface area contributed by atoms with Crippen molar-refractivity contribution in [1.82, 2.24) is 0 Å². The average Bonchev–Trinajstić information content (AvgIpc) is 2.46. The number of fused-ring (bicyclic) bond motifs is 1. The van der Waals surface area contributed by atoms with Gasteiger partial charge < -0.3 is 4.74 Å². The van der Waals surface area contributed by atoms with Gasteiger partial charge in [-0.15, -0.1) is 0 Å². The van der Waals surface area contributed by atoms with Crippen LogP contribution in [0.5, 0.6) is 5.75 Å². The molecule has 21 heavy (non-hydrogen) atoms. The molecule has 0 fully saturated rings. The summed E-state index contributed by atoms with van der Waals surface area (Å²) in [5.41, 5.74) is -0.445. The maximum atomic E-state index is 12.4. The first-order chi connectivity index (χ1) is 9.80. The van der Waals surface area contributed by atoms with Crippen molar-refractivity contribution in [2.75, 3.05) is 18.1 Å². The van der Waals surface area contributed by atoms with E-state index in [2.05, 4.69) is 0 Å². The zero-order valence-electron chi connectivity index (χ0n) is 11.3. The van der Waals surface area contributed by atoms with Crippen LogP contribution in [0.15, 0.2) is 18.2 Å². The fourth-order valence-electron chi connectivity index (χ4n) is 1.69. The Morgan fingerprint density at radius 1 is 1.38 bits per heavy atom. The largest absolute Gasteiger partial charge is 0.489 e. The van der Waals surface area contributed by atoms with Crippen molar-refractivity contribution >= 4 is 17.3 Å². The number of alkyl halides is 3. The highest BCUT2D eigenvalue weighted by Gasteiger charge is 2.44. The topological polar surface area (TPSA) is 72.7 Å². The quantitative estimate of drug-likeness (QED) is 0.590. The first kappa shape index (κ1) is 16.7. The molecule has 1 aliphatic heterocycles. The summed E-state index contributed by atoms with van der Waals surface area (Å²) in [6.45, 7) is 3.58. The number of carbonyl (C=O) groups is 1. The minimum atomic E-state index is -5.00. The van der Waals surface area contributed by atoms with Crippen LogP contribution < -0.4 is 9.64 Å². The molecular formula is C12H13F3N2O4. The third-order valence-electron chi connectivity index (χ3n) is 2.51. The first-order valence-corrected chi connectivity index (χ1v) is 6.10. The Balaban J connectivity index is 0.00000106. The monoisotopic (exact) mass is 306 g/mol. The molecule has 1 aliphatic rings. The summed E-state index contributed by atoms with van der Waals surface area (Å²) < 4.78 is 42.2. The summed E-state index contributed by atoms with van der Waals surface area (Å²) in [6.07, 6.45) is -5.00. The van der Waals surface area contributed by atoms with Gasteiger partial charge in [0.05, 0.1) is 23.2 Å². The van der Waals surface area contributed by atoms with Crippen LogP contribution in [0, 0.1) is 10.1 Å². The zero-order chi connectivity index (χ0) is 16.2. The van der Waals surface area contributed by atoms with Gasteiger partial charge in [-0.3, -0.25) is 19.8 Å². The predicted molar refractivity (Wildman–Crippen MR) is 68.3 cm³/mol. The molecule has 0 N–H and O–H groups in total. The van der Waals surface area contributed by atoms with Crippen molar-refractivity contribution in [3.05, 3.63) is 28.3 Å². The van der Waals surface area contributed by atoms with Crippen molar-refractivity contribution in [2.45, 2.75) is 20.0 Å². The molecule has 1 heterocycles. The second-order valence-corrected chi connectivity index (χ2v) is 3.71. The number of benzene rings is 1. The molecule has 0 unspecified atom stereocenters. The Bertz CT molecular complexity index is 546. The van der Waals surface area contributed by atoms with Crippen molar-refractivity contribution in [3.63, 3.8) is 0 Å². The number of nitro benzene ring substituents is 1. The Morgan fingerprint density at radius 3 is 2.52 bits per heavy atom. The van der Waals surface area contributed by atoms with E-state index in [1.54, 1.807) is 0 Å². The molecule has 116 valence electrons. The van der Waals surface area contributed by atoms with E-state index in [0.29, 0.717) is 4.90 Å². The fourth-order valence-corrected chi connectivity index (χ4v) is 1.69. The Labute approximate surface area is 118 Å². The summed E-state index contributed by atoms with van der Waals surface area (Å²) >= 11 is 0. The maximum Gasteiger partial charge on any atom is 0.471 e. The predicted octanol–water partition coefficient (Wildman–Crippen LogP) is 2.91. The van der Waals surface area contributed by atoms with Gasteiger partial charge >= 0.3 is 12.1 Å². The molecular weight excluding hydrogens is 293 g/mol. The summed E-state index contributed by atoms with van der Waals surface area (Å²) in [5.74, 6) is -2.14. The molecule has 0 aromatic heterocycles. The number of carbonyl (C=O) groups excluding carboxylic acids is 1. The molecule has 0 saturated heterocycles. The zero-order valence-corrected chi connectivity index (χ0v) is 11.3. The van der Waals surface area contributed by atoms with Gasteiger partial charge in [-0.25, -0.2) is 0 Å². The summed E-state index contributed by atoms with van der Waals surface area (Å²) in [5, 5.41) is 10.6. The van der Waals surface area contributed by atoms with Gasteiger partial charge in [0.15, 0.2) is 0 Å². The lowest BCUT2D eigenvalue weighted by Gasteiger charge is -2.29. The Morgan fingerprint density at radius 2 is 2.00 bits per heavy atom. The number of ether oxygens (including phenoxy) is 1. The lowest BCUT2D eigenvalue weighted by Crippen LogP contribution is -2.45. The van der Waals surface area contributed by atoms with E-state index >= 15 is 0 Å². The van der Waals surface area contributed by atoms with E-state index in [4.69, 9.17) is 4.74 Å². The molecule has 1 amide bonds. The number of anilines is 1. The van der Waals surface area contributed by atoms with E-state index in [1.165, 1.54) is 0 Å². The summed E-state index contributed by atoms with van der Waals surface area (Å²) in [6, 6.07) is 3.07. The number of amides is 1. The third kappa shape index (κ3) is 3.61. The number of hydrogen-bond acceptors (Lipinski definition) is 4. The third-order valence-corrected chi connectivity index (χ3v) is 2.51. The highest BCUT2D eigenvalue weighted by molar-refractivity contribution is 5.99. The normalized spacial score (nSPS) is 13.5. The average molecular weight is 306 g/mol. The Kier molecular flexibility index (Phi) is 5.12. The molecule has 0 aliphatic carbocycles. The van der Waals surface area contributed by atoms with Crippen LogP contribution in [0.3, 0.4) is 0 Å². The van der Waals surface area contributed by atoms with E-state index in [9.17, 15) is 28.1 Å². The van der Waals surface area contributed by atoms with Gasteiger partial charge in [0, 0.05) is 6.07 Å². The van der Waals surface area contributed by atoms with Crippen molar-refractivity contribution in [1.29, 1.82) is 0 Å². The number of halogens is 3. The highest BCUT2D eigenvalue weighted by Crippen LogP contribution is 2.36. The van der Waals surface area contributed by atoms with Gasteiger partial charge in [0.25, 0.3) is 5.69 Å². The highest BCUT2D eigenvalue weighted by atomic mass is 19.4. The summed E-state index contributed by atoms with van der Waals surface area (Å²) in [4.78, 5) is 21.6. The maximum absolute atomic E-state index is 12.4. The van der Waals surface area contributed by atoms with Crippen LogP contribution in [-0.4, -0.2) is 30.2 Å². The van der Waals surface area contributed by atoms with E-state index < -0.39 is 17.0 Å². The Hall–Kier alpha value is -2.32. The lowest BCUT2D eigenvalue weighted by molar-refractivity contribution is -0.384. The lowest BCUT2D eigenvalue weighted by atomic mass is 10.2. The number of non-ortho nitro benzene ring substituents is 1. The molecule has 6 nitrogen and oxygen atoms in total. The molecule has 1 aromatic rings. The SMILES string of the molecule is CC.O=C(N1CCOc2cc([N+](=O)[O-])ccc21)C(F)(F)F. The van der Waals surface area contributed by atoms with E-state index in [-0.39, 0.29) is 30.3 Å². The number of nitrogens with zero attached hydrogens (tertiary/aromatic N) is 2. The smallest absolute Gasteiger partial charge is 0.471 e. The van der Waals surface area contributed by atoms with Crippen LogP contribution in [0.25, 0.3) is 0 Å². The number of rotatable bonds is 1. The van der Waals surface area contributed by atoms with Crippen LogP contribution in [0.1, 0.15) is 13.8 Å². The molecule has 2 rings (SSSR count). The molecule has 0 bridgehead atoms. The fraction of sp³-hybridized carbons (Fsp3) is 0.417. The van der Waals surface area contributed by atoms with Gasteiger partial charge in [-0.05, 0) is 6.07 Å². The van der Waals surface area contributed by atoms with Crippen molar-refractivity contribution < 1.29 is 27.6 Å². The van der Waals surface area contributed by atoms with Gasteiger partial charge in [-0.1, -0.05) is 13.8 Å². The molecule has 0 saturated carbocycles. The number of hydrogen-bond donors (Lipinski definition) is 0. The minimum absolute atomic E-state index is 0.113. The molecule has 9 heteroatoms. The van der Waals surface area contributed by atoms with Crippen LogP contribution in [0.2, 0.25) is 0 Å². The van der Waals surface area contributed by atoms with Crippen LogP contribution in [0.4, 0.5) is 24.5 Å².